The largest absolute Gasteiger partial charge is 0.370 e. The second-order valence-corrected chi connectivity index (χ2v) is 4.75. The standard InChI is InChI=1S/C14H23N3/c1-3-13-6-5-9-17(13)11-12-7-8-16-14(10-12)15-4-2/h7-8,10,13H,3-6,9,11H2,1-2H3,(H,15,16). The average Bonchev–Trinajstić information content (AvgIpc) is 2.77. The Kier molecular flexibility index (Phi) is 4.37. The minimum absolute atomic E-state index is 0.783. The Morgan fingerprint density at radius 1 is 1.47 bits per heavy atom. The molecule has 1 fully saturated rings. The van der Waals surface area contributed by atoms with Crippen molar-refractivity contribution in [3.8, 4) is 0 Å². The molecule has 2 heterocycles. The third kappa shape index (κ3) is 3.19. The summed E-state index contributed by atoms with van der Waals surface area (Å²) in [5.41, 5.74) is 1.37. The van der Waals surface area contributed by atoms with E-state index in [0.29, 0.717) is 0 Å². The molecule has 1 atom stereocenters. The zero-order valence-electron chi connectivity index (χ0n) is 10.9. The first-order valence-electron chi connectivity index (χ1n) is 6.76. The molecule has 1 saturated heterocycles. The minimum Gasteiger partial charge on any atom is -0.370 e. The van der Waals surface area contributed by atoms with Gasteiger partial charge < -0.3 is 5.32 Å². The summed E-state index contributed by atoms with van der Waals surface area (Å²) in [5.74, 6) is 0.997. The molecule has 1 aromatic heterocycles. The van der Waals surface area contributed by atoms with Crippen molar-refractivity contribution < 1.29 is 0 Å². The number of likely N-dealkylation sites (tertiary alicyclic amines) is 1. The zero-order valence-corrected chi connectivity index (χ0v) is 10.9. The predicted molar refractivity (Wildman–Crippen MR) is 72.1 cm³/mol. The van der Waals surface area contributed by atoms with E-state index in [2.05, 4.69) is 41.2 Å². The number of hydrogen-bond acceptors (Lipinski definition) is 3. The van der Waals surface area contributed by atoms with Gasteiger partial charge in [-0.15, -0.1) is 0 Å². The second-order valence-electron chi connectivity index (χ2n) is 4.75. The van der Waals surface area contributed by atoms with Crippen molar-refractivity contribution in [3.63, 3.8) is 0 Å². The molecule has 0 bridgehead atoms. The lowest BCUT2D eigenvalue weighted by atomic mass is 10.1. The maximum Gasteiger partial charge on any atom is 0.126 e. The van der Waals surface area contributed by atoms with Crippen LogP contribution in [0.1, 0.15) is 38.7 Å². The molecule has 0 spiro atoms. The van der Waals surface area contributed by atoms with E-state index in [1.54, 1.807) is 0 Å². The summed E-state index contributed by atoms with van der Waals surface area (Å²) in [4.78, 5) is 6.92. The zero-order chi connectivity index (χ0) is 12.1. The quantitative estimate of drug-likeness (QED) is 0.847. The molecule has 0 aliphatic carbocycles. The van der Waals surface area contributed by atoms with Gasteiger partial charge >= 0.3 is 0 Å². The van der Waals surface area contributed by atoms with Gasteiger partial charge in [-0.1, -0.05) is 6.92 Å². The highest BCUT2D eigenvalue weighted by molar-refractivity contribution is 5.37. The molecule has 1 aromatic rings. The topological polar surface area (TPSA) is 28.2 Å². The summed E-state index contributed by atoms with van der Waals surface area (Å²) >= 11 is 0. The molecule has 1 aliphatic rings. The van der Waals surface area contributed by atoms with Crippen LogP contribution in [-0.2, 0) is 6.54 Å². The van der Waals surface area contributed by atoms with Gasteiger partial charge in [-0.25, -0.2) is 4.98 Å². The summed E-state index contributed by atoms with van der Waals surface area (Å²) in [7, 11) is 0. The molecule has 2 rings (SSSR count). The smallest absolute Gasteiger partial charge is 0.126 e. The van der Waals surface area contributed by atoms with Crippen molar-refractivity contribution in [1.82, 2.24) is 9.88 Å². The monoisotopic (exact) mass is 233 g/mol. The molecular formula is C14H23N3. The van der Waals surface area contributed by atoms with Crippen molar-refractivity contribution in [2.24, 2.45) is 0 Å². The molecule has 0 saturated carbocycles. The van der Waals surface area contributed by atoms with E-state index in [9.17, 15) is 0 Å². The number of rotatable bonds is 5. The van der Waals surface area contributed by atoms with Gasteiger partial charge in [0.1, 0.15) is 5.82 Å². The van der Waals surface area contributed by atoms with Gasteiger partial charge in [0, 0.05) is 25.3 Å². The van der Waals surface area contributed by atoms with Crippen molar-refractivity contribution in [3.05, 3.63) is 23.9 Å². The van der Waals surface area contributed by atoms with Crippen LogP contribution in [0.4, 0.5) is 5.82 Å². The van der Waals surface area contributed by atoms with Gasteiger partial charge in [0.15, 0.2) is 0 Å². The summed E-state index contributed by atoms with van der Waals surface area (Å²) in [6.45, 7) is 7.64. The van der Waals surface area contributed by atoms with E-state index in [4.69, 9.17) is 0 Å². The number of aromatic nitrogens is 1. The molecule has 0 aromatic carbocycles. The molecule has 1 N–H and O–H groups in total. The average molecular weight is 233 g/mol. The highest BCUT2D eigenvalue weighted by Crippen LogP contribution is 2.22. The van der Waals surface area contributed by atoms with Crippen molar-refractivity contribution in [1.29, 1.82) is 0 Å². The molecule has 1 unspecified atom stereocenters. The first-order chi connectivity index (χ1) is 8.33. The maximum atomic E-state index is 4.31. The summed E-state index contributed by atoms with van der Waals surface area (Å²) in [6.07, 6.45) is 5.89. The fourth-order valence-electron chi connectivity index (χ4n) is 2.65. The lowest BCUT2D eigenvalue weighted by molar-refractivity contribution is 0.240. The third-order valence-corrected chi connectivity index (χ3v) is 3.54. The SMILES string of the molecule is CCNc1cc(CN2CCCC2CC)ccn1. The number of nitrogens with one attached hydrogen (secondary N) is 1. The lowest BCUT2D eigenvalue weighted by Gasteiger charge is -2.23. The molecule has 0 amide bonds. The van der Waals surface area contributed by atoms with Gasteiger partial charge in [-0.2, -0.15) is 0 Å². The van der Waals surface area contributed by atoms with Crippen LogP contribution in [0, 0.1) is 0 Å². The molecule has 94 valence electrons. The van der Waals surface area contributed by atoms with Gasteiger partial charge in [-0.3, -0.25) is 4.90 Å². The fourth-order valence-corrected chi connectivity index (χ4v) is 2.65. The van der Waals surface area contributed by atoms with Gasteiger partial charge in [0.25, 0.3) is 0 Å². The number of anilines is 1. The first kappa shape index (κ1) is 12.4. The molecule has 17 heavy (non-hydrogen) atoms. The first-order valence-corrected chi connectivity index (χ1v) is 6.76. The number of nitrogens with zero attached hydrogens (tertiary/aromatic N) is 2. The highest BCUT2D eigenvalue weighted by atomic mass is 15.2. The van der Waals surface area contributed by atoms with E-state index >= 15 is 0 Å². The van der Waals surface area contributed by atoms with Crippen molar-refractivity contribution >= 4 is 5.82 Å². The van der Waals surface area contributed by atoms with Crippen LogP contribution < -0.4 is 5.32 Å². The number of hydrogen-bond donors (Lipinski definition) is 1. The van der Waals surface area contributed by atoms with E-state index < -0.39 is 0 Å². The molecular weight excluding hydrogens is 210 g/mol. The van der Waals surface area contributed by atoms with Crippen LogP contribution in [0.2, 0.25) is 0 Å². The second kappa shape index (κ2) is 6.01. The Bertz CT molecular complexity index is 351. The Morgan fingerprint density at radius 3 is 3.12 bits per heavy atom. The molecule has 3 heteroatoms. The maximum absolute atomic E-state index is 4.31. The fraction of sp³-hybridized carbons (Fsp3) is 0.643. The highest BCUT2D eigenvalue weighted by Gasteiger charge is 2.22. The van der Waals surface area contributed by atoms with E-state index in [1.165, 1.54) is 31.4 Å². The van der Waals surface area contributed by atoms with E-state index in [-0.39, 0.29) is 0 Å². The van der Waals surface area contributed by atoms with Crippen molar-refractivity contribution in [2.45, 2.75) is 45.7 Å². The lowest BCUT2D eigenvalue weighted by Crippen LogP contribution is -2.28. The Balaban J connectivity index is 2.00. The molecule has 0 radical (unpaired) electrons. The van der Waals surface area contributed by atoms with Gasteiger partial charge in [0.05, 0.1) is 0 Å². The van der Waals surface area contributed by atoms with Crippen LogP contribution in [0.15, 0.2) is 18.3 Å². The molecule has 1 aliphatic heterocycles. The van der Waals surface area contributed by atoms with Crippen LogP contribution >= 0.6 is 0 Å². The molecule has 3 nitrogen and oxygen atoms in total. The van der Waals surface area contributed by atoms with Crippen LogP contribution in [-0.4, -0.2) is 29.0 Å². The van der Waals surface area contributed by atoms with Gasteiger partial charge in [-0.05, 0) is 50.4 Å². The summed E-state index contributed by atoms with van der Waals surface area (Å²) in [6, 6.07) is 5.09. The Labute approximate surface area is 104 Å². The summed E-state index contributed by atoms with van der Waals surface area (Å²) < 4.78 is 0. The minimum atomic E-state index is 0.783. The predicted octanol–water partition coefficient (Wildman–Crippen LogP) is 2.89. The van der Waals surface area contributed by atoms with Crippen LogP contribution in [0.3, 0.4) is 0 Å². The summed E-state index contributed by atoms with van der Waals surface area (Å²) in [5, 5.41) is 3.27. The normalized spacial score (nSPS) is 20.7. The Morgan fingerprint density at radius 2 is 2.35 bits per heavy atom. The third-order valence-electron chi connectivity index (χ3n) is 3.54. The van der Waals surface area contributed by atoms with Crippen molar-refractivity contribution in [2.75, 3.05) is 18.4 Å². The van der Waals surface area contributed by atoms with E-state index in [0.717, 1.165) is 24.9 Å². The number of pyridine rings is 1. The van der Waals surface area contributed by atoms with Crippen LogP contribution in [0.5, 0.6) is 0 Å². The van der Waals surface area contributed by atoms with E-state index in [1.807, 2.05) is 6.20 Å². The van der Waals surface area contributed by atoms with Crippen LogP contribution in [0.25, 0.3) is 0 Å². The van der Waals surface area contributed by atoms with Gasteiger partial charge in [0.2, 0.25) is 0 Å². The Hall–Kier alpha value is -1.09.